The predicted octanol–water partition coefficient (Wildman–Crippen LogP) is 5.22. The maximum atomic E-state index is 13.9. The minimum absolute atomic E-state index is 0. The van der Waals surface area contributed by atoms with Gasteiger partial charge in [-0.1, -0.05) is 0 Å². The standard InChI is InChI=1S/C21H27FN4OS.2ClH/c1-4-27-10-7-16-13-26(9-8-25(16)3)20-17-11-14(2)28-21(17)24-18-6-5-15(22)12-19(18)23-20;;/h5-6,11-12,16,24H,4,7-10,13H2,1-3H3;2*1H/t16-;;/m0../s1. The number of halogens is 3. The van der Waals surface area contributed by atoms with Crippen LogP contribution in [0, 0.1) is 12.7 Å². The maximum absolute atomic E-state index is 13.9. The van der Waals surface area contributed by atoms with Crippen molar-refractivity contribution in [1.29, 1.82) is 0 Å². The Hall–Kier alpha value is -1.38. The Balaban J connectivity index is 0.00000160. The molecule has 5 nitrogen and oxygen atoms in total. The van der Waals surface area contributed by atoms with Crippen LogP contribution >= 0.6 is 36.2 Å². The van der Waals surface area contributed by atoms with Crippen molar-refractivity contribution in [3.8, 4) is 0 Å². The summed E-state index contributed by atoms with van der Waals surface area (Å²) in [6.45, 7) is 8.42. The number of piperazine rings is 1. The third-order valence-electron chi connectivity index (χ3n) is 5.41. The van der Waals surface area contributed by atoms with Gasteiger partial charge in [0.1, 0.15) is 16.7 Å². The van der Waals surface area contributed by atoms with Gasteiger partial charge in [0.2, 0.25) is 0 Å². The molecule has 0 unspecified atom stereocenters. The lowest BCUT2D eigenvalue weighted by Gasteiger charge is -2.41. The van der Waals surface area contributed by atoms with Crippen LogP contribution in [0.4, 0.5) is 20.8 Å². The molecule has 166 valence electrons. The van der Waals surface area contributed by atoms with Gasteiger partial charge in [-0.15, -0.1) is 36.2 Å². The first-order valence-corrected chi connectivity index (χ1v) is 10.7. The van der Waals surface area contributed by atoms with E-state index in [1.165, 1.54) is 17.0 Å². The quantitative estimate of drug-likeness (QED) is 0.616. The summed E-state index contributed by atoms with van der Waals surface area (Å²) in [5, 5.41) is 4.54. The fraction of sp³-hybridized carbons (Fsp3) is 0.476. The lowest BCUT2D eigenvalue weighted by atomic mass is 10.1. The first-order chi connectivity index (χ1) is 13.5. The minimum atomic E-state index is -0.266. The molecule has 0 bridgehead atoms. The van der Waals surface area contributed by atoms with Crippen molar-refractivity contribution in [1.82, 2.24) is 9.80 Å². The minimum Gasteiger partial charge on any atom is -0.382 e. The highest BCUT2D eigenvalue weighted by Crippen LogP contribution is 2.39. The van der Waals surface area contributed by atoms with Crippen molar-refractivity contribution in [2.75, 3.05) is 45.2 Å². The van der Waals surface area contributed by atoms with Crippen molar-refractivity contribution in [3.05, 3.63) is 40.5 Å². The van der Waals surface area contributed by atoms with Crippen LogP contribution in [-0.2, 0) is 4.74 Å². The molecule has 1 fully saturated rings. The third-order valence-corrected chi connectivity index (χ3v) is 6.37. The number of amidine groups is 1. The molecular formula is C21H29Cl2FN4OS. The van der Waals surface area contributed by atoms with E-state index in [0.717, 1.165) is 61.4 Å². The average molecular weight is 475 g/mol. The normalized spacial score (nSPS) is 18.2. The van der Waals surface area contributed by atoms with E-state index in [1.807, 2.05) is 6.92 Å². The van der Waals surface area contributed by atoms with Crippen LogP contribution in [0.15, 0.2) is 29.3 Å². The fourth-order valence-corrected chi connectivity index (χ4v) is 4.75. The van der Waals surface area contributed by atoms with Crippen molar-refractivity contribution in [2.45, 2.75) is 26.3 Å². The Bertz CT molecular complexity index is 892. The number of anilines is 2. The summed E-state index contributed by atoms with van der Waals surface area (Å²) in [4.78, 5) is 10.9. The second kappa shape index (κ2) is 10.8. The molecule has 0 aliphatic carbocycles. The van der Waals surface area contributed by atoms with Gasteiger partial charge in [-0.05, 0) is 45.5 Å². The highest BCUT2D eigenvalue weighted by atomic mass is 35.5. The molecule has 1 aromatic heterocycles. The van der Waals surface area contributed by atoms with Gasteiger partial charge >= 0.3 is 0 Å². The predicted molar refractivity (Wildman–Crippen MR) is 129 cm³/mol. The van der Waals surface area contributed by atoms with E-state index < -0.39 is 0 Å². The molecule has 30 heavy (non-hydrogen) atoms. The number of nitrogens with zero attached hydrogens (tertiary/aromatic N) is 3. The highest BCUT2D eigenvalue weighted by Gasteiger charge is 2.30. The smallest absolute Gasteiger partial charge is 0.139 e. The molecule has 2 aromatic rings. The molecule has 3 heterocycles. The largest absolute Gasteiger partial charge is 0.382 e. The lowest BCUT2D eigenvalue weighted by molar-refractivity contribution is 0.0843. The fourth-order valence-electron chi connectivity index (χ4n) is 3.83. The van der Waals surface area contributed by atoms with Crippen LogP contribution < -0.4 is 5.32 Å². The van der Waals surface area contributed by atoms with Crippen LogP contribution in [-0.4, -0.2) is 61.6 Å². The molecule has 1 N–H and O–H groups in total. The van der Waals surface area contributed by atoms with E-state index in [0.29, 0.717) is 11.7 Å². The van der Waals surface area contributed by atoms with Crippen LogP contribution in [0.2, 0.25) is 0 Å². The van der Waals surface area contributed by atoms with Crippen LogP contribution in [0.1, 0.15) is 23.8 Å². The van der Waals surface area contributed by atoms with Crippen LogP contribution in [0.25, 0.3) is 0 Å². The van der Waals surface area contributed by atoms with Crippen molar-refractivity contribution >= 4 is 58.4 Å². The molecule has 1 atom stereocenters. The Labute approximate surface area is 194 Å². The second-order valence-corrected chi connectivity index (χ2v) is 8.64. The van der Waals surface area contributed by atoms with Gasteiger partial charge in [-0.2, -0.15) is 0 Å². The van der Waals surface area contributed by atoms with Crippen molar-refractivity contribution < 1.29 is 9.13 Å². The molecule has 2 aliphatic rings. The number of aryl methyl sites for hydroxylation is 1. The van der Waals surface area contributed by atoms with Gasteiger partial charge < -0.3 is 15.0 Å². The SMILES string of the molecule is CCOCC[C@H]1CN(C2=Nc3cc(F)ccc3Nc3sc(C)cc32)CCN1C.Cl.Cl. The van der Waals surface area contributed by atoms with E-state index in [-0.39, 0.29) is 30.6 Å². The number of likely N-dealkylation sites (N-methyl/N-ethyl adjacent to an activating group) is 1. The zero-order chi connectivity index (χ0) is 19.7. The van der Waals surface area contributed by atoms with Crippen LogP contribution in [0.5, 0.6) is 0 Å². The van der Waals surface area contributed by atoms with Gasteiger partial charge in [0.15, 0.2) is 0 Å². The number of thiophene rings is 1. The summed E-state index contributed by atoms with van der Waals surface area (Å²) in [7, 11) is 2.18. The number of ether oxygens (including phenoxy) is 1. The summed E-state index contributed by atoms with van der Waals surface area (Å²) in [6.07, 6.45) is 0.993. The van der Waals surface area contributed by atoms with Gasteiger partial charge in [0, 0.05) is 49.8 Å². The first kappa shape index (κ1) is 24.9. The summed E-state index contributed by atoms with van der Waals surface area (Å²) in [5.74, 6) is 0.670. The summed E-state index contributed by atoms with van der Waals surface area (Å²) >= 11 is 1.71. The summed E-state index contributed by atoms with van der Waals surface area (Å²) < 4.78 is 19.5. The number of benzene rings is 1. The van der Waals surface area contributed by atoms with Gasteiger partial charge in [0.05, 0.1) is 16.9 Å². The molecule has 2 aliphatic heterocycles. The van der Waals surface area contributed by atoms with E-state index in [4.69, 9.17) is 9.73 Å². The maximum Gasteiger partial charge on any atom is 0.139 e. The Morgan fingerprint density at radius 3 is 2.83 bits per heavy atom. The molecule has 0 radical (unpaired) electrons. The molecule has 4 rings (SSSR count). The highest BCUT2D eigenvalue weighted by molar-refractivity contribution is 7.16. The van der Waals surface area contributed by atoms with Gasteiger partial charge in [-0.25, -0.2) is 9.38 Å². The topological polar surface area (TPSA) is 40.1 Å². The number of nitrogens with one attached hydrogen (secondary N) is 1. The van der Waals surface area contributed by atoms with Gasteiger partial charge in [-0.3, -0.25) is 4.90 Å². The van der Waals surface area contributed by atoms with E-state index in [9.17, 15) is 4.39 Å². The molecule has 0 amide bonds. The van der Waals surface area contributed by atoms with Crippen molar-refractivity contribution in [3.63, 3.8) is 0 Å². The Morgan fingerprint density at radius 1 is 1.27 bits per heavy atom. The zero-order valence-electron chi connectivity index (χ0n) is 17.5. The van der Waals surface area contributed by atoms with E-state index in [1.54, 1.807) is 17.4 Å². The first-order valence-electron chi connectivity index (χ1n) is 9.84. The second-order valence-electron chi connectivity index (χ2n) is 7.39. The molecule has 1 saturated heterocycles. The molecule has 9 heteroatoms. The number of hydrogen-bond acceptors (Lipinski definition) is 6. The van der Waals surface area contributed by atoms with Crippen LogP contribution in [0.3, 0.4) is 0 Å². The molecule has 0 saturated carbocycles. The number of fused-ring (bicyclic) bond motifs is 2. The molecular weight excluding hydrogens is 446 g/mol. The number of hydrogen-bond donors (Lipinski definition) is 1. The number of aliphatic imine (C=N–C) groups is 1. The van der Waals surface area contributed by atoms with Gasteiger partial charge in [0.25, 0.3) is 0 Å². The Morgan fingerprint density at radius 2 is 2.07 bits per heavy atom. The van der Waals surface area contributed by atoms with E-state index in [2.05, 4.69) is 35.2 Å². The Kier molecular flexibility index (Phi) is 8.94. The third kappa shape index (κ3) is 5.26. The van der Waals surface area contributed by atoms with Crippen molar-refractivity contribution in [2.24, 2.45) is 4.99 Å². The summed E-state index contributed by atoms with van der Waals surface area (Å²) in [5.41, 5.74) is 2.61. The summed E-state index contributed by atoms with van der Waals surface area (Å²) in [6, 6.07) is 7.35. The zero-order valence-corrected chi connectivity index (χ0v) is 19.9. The lowest BCUT2D eigenvalue weighted by Crippen LogP contribution is -2.53. The average Bonchev–Trinajstić information content (AvgIpc) is 2.96. The molecule has 0 spiro atoms. The monoisotopic (exact) mass is 474 g/mol. The molecule has 1 aromatic carbocycles. The van der Waals surface area contributed by atoms with E-state index >= 15 is 0 Å². The number of rotatable bonds is 4.